The summed E-state index contributed by atoms with van der Waals surface area (Å²) < 4.78 is 2.15. The van der Waals surface area contributed by atoms with E-state index in [9.17, 15) is 10.1 Å². The number of rotatable bonds is 6. The fraction of sp³-hybridized carbons (Fsp3) is 0.286. The van der Waals surface area contributed by atoms with Crippen LogP contribution in [0.3, 0.4) is 0 Å². The Morgan fingerprint density at radius 2 is 2.00 bits per heavy atom. The highest BCUT2D eigenvalue weighted by Crippen LogP contribution is 2.17. The van der Waals surface area contributed by atoms with Crippen LogP contribution in [-0.2, 0) is 19.6 Å². The molecule has 0 bridgehead atoms. The van der Waals surface area contributed by atoms with Gasteiger partial charge in [-0.25, -0.2) is 0 Å². The molecule has 0 radical (unpaired) electrons. The van der Waals surface area contributed by atoms with Crippen LogP contribution in [-0.4, -0.2) is 9.49 Å². The minimum Gasteiger partial charge on any atom is -0.351 e. The van der Waals surface area contributed by atoms with Crippen LogP contribution in [0, 0.1) is 10.1 Å². The van der Waals surface area contributed by atoms with Crippen molar-refractivity contribution < 1.29 is 4.92 Å². The summed E-state index contributed by atoms with van der Waals surface area (Å²) in [5, 5.41) is 14.1. The van der Waals surface area contributed by atoms with Gasteiger partial charge in [0.15, 0.2) is 0 Å². The molecule has 1 N–H and O–H groups in total. The maximum Gasteiger partial charge on any atom is 0.273 e. The van der Waals surface area contributed by atoms with Gasteiger partial charge in [0.05, 0.1) is 4.92 Å². The summed E-state index contributed by atoms with van der Waals surface area (Å²) in [6.45, 7) is 4.21. The maximum atomic E-state index is 10.9. The molecule has 0 saturated carbocycles. The molecule has 0 fully saturated rings. The number of aryl methyl sites for hydroxylation is 1. The number of aromatic nitrogens is 1. The molecule has 2 rings (SSSR count). The second kappa shape index (κ2) is 6.15. The molecule has 19 heavy (non-hydrogen) atoms. The highest BCUT2D eigenvalue weighted by molar-refractivity contribution is 5.39. The van der Waals surface area contributed by atoms with E-state index in [2.05, 4.69) is 22.9 Å². The average Bonchev–Trinajstić information content (AvgIpc) is 2.86. The summed E-state index contributed by atoms with van der Waals surface area (Å²) >= 11 is 0. The van der Waals surface area contributed by atoms with Crippen molar-refractivity contribution in [1.82, 2.24) is 9.88 Å². The van der Waals surface area contributed by atoms with Crippen LogP contribution in [0.4, 0.5) is 5.69 Å². The standard InChI is InChI=1S/C14H17N3O2/c1-2-16-9-5-7-13(16)11-15-10-12-6-3-4-8-14(12)17(18)19/h3-9,15H,2,10-11H2,1H3. The number of nitro benzene ring substituents is 1. The molecule has 0 saturated heterocycles. The Balaban J connectivity index is 1.98. The van der Waals surface area contributed by atoms with Gasteiger partial charge in [-0.05, 0) is 19.1 Å². The fourth-order valence-electron chi connectivity index (χ4n) is 2.08. The van der Waals surface area contributed by atoms with Gasteiger partial charge in [-0.3, -0.25) is 10.1 Å². The van der Waals surface area contributed by atoms with Gasteiger partial charge in [-0.15, -0.1) is 0 Å². The van der Waals surface area contributed by atoms with Gasteiger partial charge in [0.2, 0.25) is 0 Å². The molecule has 0 unspecified atom stereocenters. The van der Waals surface area contributed by atoms with E-state index in [1.807, 2.05) is 18.3 Å². The lowest BCUT2D eigenvalue weighted by Crippen LogP contribution is -2.16. The molecule has 0 aliphatic carbocycles. The number of para-hydroxylation sites is 1. The number of hydrogen-bond donors (Lipinski definition) is 1. The first-order chi connectivity index (χ1) is 9.22. The minimum absolute atomic E-state index is 0.167. The SMILES string of the molecule is CCn1cccc1CNCc1ccccc1[N+](=O)[O-]. The maximum absolute atomic E-state index is 10.9. The van der Waals surface area contributed by atoms with Crippen LogP contribution in [0.15, 0.2) is 42.6 Å². The zero-order valence-electron chi connectivity index (χ0n) is 10.9. The summed E-state index contributed by atoms with van der Waals surface area (Å²) in [6, 6.07) is 10.9. The number of nitro groups is 1. The van der Waals surface area contributed by atoms with Crippen molar-refractivity contribution in [3.05, 3.63) is 64.0 Å². The highest BCUT2D eigenvalue weighted by atomic mass is 16.6. The lowest BCUT2D eigenvalue weighted by Gasteiger charge is -2.08. The Bertz CT molecular complexity index is 563. The summed E-state index contributed by atoms with van der Waals surface area (Å²) in [7, 11) is 0. The van der Waals surface area contributed by atoms with Crippen molar-refractivity contribution in [3.63, 3.8) is 0 Å². The molecule has 1 aromatic heterocycles. The lowest BCUT2D eigenvalue weighted by molar-refractivity contribution is -0.385. The van der Waals surface area contributed by atoms with Gasteiger partial charge in [0.1, 0.15) is 0 Å². The van der Waals surface area contributed by atoms with Crippen LogP contribution in [0.2, 0.25) is 0 Å². The Morgan fingerprint density at radius 3 is 2.74 bits per heavy atom. The number of hydrogen-bond acceptors (Lipinski definition) is 3. The van der Waals surface area contributed by atoms with Gasteiger partial charge < -0.3 is 9.88 Å². The van der Waals surface area contributed by atoms with E-state index in [0.717, 1.165) is 6.54 Å². The van der Waals surface area contributed by atoms with E-state index < -0.39 is 0 Å². The van der Waals surface area contributed by atoms with E-state index in [0.29, 0.717) is 18.7 Å². The molecule has 0 spiro atoms. The third-order valence-electron chi connectivity index (χ3n) is 3.07. The van der Waals surface area contributed by atoms with Gasteiger partial charge in [0, 0.05) is 43.2 Å². The van der Waals surface area contributed by atoms with Gasteiger partial charge >= 0.3 is 0 Å². The summed E-state index contributed by atoms with van der Waals surface area (Å²) in [5.41, 5.74) is 2.06. The Morgan fingerprint density at radius 1 is 1.21 bits per heavy atom. The molecule has 100 valence electrons. The summed E-state index contributed by atoms with van der Waals surface area (Å²) in [6.07, 6.45) is 2.03. The van der Waals surface area contributed by atoms with E-state index >= 15 is 0 Å². The molecule has 5 nitrogen and oxygen atoms in total. The quantitative estimate of drug-likeness (QED) is 0.641. The summed E-state index contributed by atoms with van der Waals surface area (Å²) in [5.74, 6) is 0. The first-order valence-corrected chi connectivity index (χ1v) is 6.29. The molecule has 1 aromatic carbocycles. The highest BCUT2D eigenvalue weighted by Gasteiger charge is 2.11. The predicted molar refractivity (Wildman–Crippen MR) is 73.7 cm³/mol. The van der Waals surface area contributed by atoms with E-state index in [-0.39, 0.29) is 10.6 Å². The summed E-state index contributed by atoms with van der Waals surface area (Å²) in [4.78, 5) is 10.5. The van der Waals surface area contributed by atoms with Crippen molar-refractivity contribution in [3.8, 4) is 0 Å². The molecular weight excluding hydrogens is 242 g/mol. The van der Waals surface area contributed by atoms with E-state index in [4.69, 9.17) is 0 Å². The normalized spacial score (nSPS) is 10.6. The zero-order chi connectivity index (χ0) is 13.7. The smallest absolute Gasteiger partial charge is 0.273 e. The first-order valence-electron chi connectivity index (χ1n) is 6.29. The Labute approximate surface area is 112 Å². The molecule has 0 aliphatic rings. The van der Waals surface area contributed by atoms with Crippen LogP contribution < -0.4 is 5.32 Å². The number of nitrogens with zero attached hydrogens (tertiary/aromatic N) is 2. The fourth-order valence-corrected chi connectivity index (χ4v) is 2.08. The second-order valence-electron chi connectivity index (χ2n) is 4.27. The topological polar surface area (TPSA) is 60.1 Å². The first kappa shape index (κ1) is 13.3. The molecule has 5 heteroatoms. The van der Waals surface area contributed by atoms with Crippen molar-refractivity contribution in [1.29, 1.82) is 0 Å². The van der Waals surface area contributed by atoms with Gasteiger partial charge in [-0.1, -0.05) is 18.2 Å². The number of benzene rings is 1. The molecule has 0 atom stereocenters. The molecule has 1 heterocycles. The van der Waals surface area contributed by atoms with Gasteiger partial charge in [0.25, 0.3) is 5.69 Å². The third kappa shape index (κ3) is 3.20. The van der Waals surface area contributed by atoms with Crippen molar-refractivity contribution >= 4 is 5.69 Å². The van der Waals surface area contributed by atoms with Crippen LogP contribution >= 0.6 is 0 Å². The largest absolute Gasteiger partial charge is 0.351 e. The van der Waals surface area contributed by atoms with E-state index in [1.165, 1.54) is 11.8 Å². The van der Waals surface area contributed by atoms with E-state index in [1.54, 1.807) is 12.1 Å². The third-order valence-corrected chi connectivity index (χ3v) is 3.07. The molecular formula is C14H17N3O2. The molecule has 0 amide bonds. The Hall–Kier alpha value is -2.14. The van der Waals surface area contributed by atoms with Crippen molar-refractivity contribution in [2.24, 2.45) is 0 Å². The minimum atomic E-state index is -0.342. The van der Waals surface area contributed by atoms with Crippen LogP contribution in [0.1, 0.15) is 18.2 Å². The lowest BCUT2D eigenvalue weighted by atomic mass is 10.2. The van der Waals surface area contributed by atoms with Crippen LogP contribution in [0.25, 0.3) is 0 Å². The zero-order valence-corrected chi connectivity index (χ0v) is 10.9. The van der Waals surface area contributed by atoms with Crippen molar-refractivity contribution in [2.75, 3.05) is 0 Å². The second-order valence-corrected chi connectivity index (χ2v) is 4.27. The molecule has 0 aliphatic heterocycles. The predicted octanol–water partition coefficient (Wildman–Crippen LogP) is 2.71. The Kier molecular flexibility index (Phi) is 4.30. The average molecular weight is 259 g/mol. The van der Waals surface area contributed by atoms with Crippen LogP contribution in [0.5, 0.6) is 0 Å². The number of nitrogens with one attached hydrogen (secondary N) is 1. The van der Waals surface area contributed by atoms with Gasteiger partial charge in [-0.2, -0.15) is 0 Å². The van der Waals surface area contributed by atoms with Crippen molar-refractivity contribution in [2.45, 2.75) is 26.6 Å². The monoisotopic (exact) mass is 259 g/mol. The molecule has 2 aromatic rings.